The van der Waals surface area contributed by atoms with Crippen LogP contribution >= 0.6 is 23.1 Å². The maximum atomic E-state index is 13.6. The molecule has 6 rings (SSSR count). The van der Waals surface area contributed by atoms with Crippen LogP contribution < -0.4 is 19.1 Å². The van der Waals surface area contributed by atoms with Gasteiger partial charge in [-0.2, -0.15) is 0 Å². The Morgan fingerprint density at radius 1 is 1.07 bits per heavy atom. The molecule has 2 aliphatic heterocycles. The number of carbonyl (C=O) groups is 2. The molecule has 4 aromatic rings. The number of Topliss-reactive ketones (excluding diaryl/α,β-unsaturated/α-hetero) is 1. The zero-order valence-electron chi connectivity index (χ0n) is 23.7. The lowest BCUT2D eigenvalue weighted by Crippen LogP contribution is -2.29. The van der Waals surface area contributed by atoms with Gasteiger partial charge in [0.15, 0.2) is 15.8 Å². The van der Waals surface area contributed by atoms with Crippen LogP contribution in [0.1, 0.15) is 42.5 Å². The van der Waals surface area contributed by atoms with Crippen LogP contribution in [0.15, 0.2) is 76.6 Å². The number of aliphatic hydroxyl groups excluding tert-OH is 1. The summed E-state index contributed by atoms with van der Waals surface area (Å²) in [5, 5.41) is 20.3. The highest BCUT2D eigenvalue weighted by Crippen LogP contribution is 2.45. The van der Waals surface area contributed by atoms with Crippen LogP contribution in [-0.4, -0.2) is 46.8 Å². The number of ether oxygens (including phenoxy) is 3. The van der Waals surface area contributed by atoms with Crippen molar-refractivity contribution < 1.29 is 33.3 Å². The van der Waals surface area contributed by atoms with Crippen LogP contribution in [0.5, 0.6) is 17.2 Å². The Kier molecular flexibility index (Phi) is 8.80. The summed E-state index contributed by atoms with van der Waals surface area (Å²) in [4.78, 5) is 28.6. The molecule has 1 fully saturated rings. The number of nitrogens with zero attached hydrogens (tertiary/aromatic N) is 3. The van der Waals surface area contributed by atoms with Gasteiger partial charge in [0.2, 0.25) is 5.13 Å². The summed E-state index contributed by atoms with van der Waals surface area (Å²) in [6.45, 7) is 3.35. The van der Waals surface area contributed by atoms with Crippen molar-refractivity contribution in [1.82, 2.24) is 10.2 Å². The molecule has 3 aromatic carbocycles. The highest BCUT2D eigenvalue weighted by molar-refractivity contribution is 8.00. The van der Waals surface area contributed by atoms with E-state index in [9.17, 15) is 19.1 Å². The maximum absolute atomic E-state index is 13.6. The number of fused-ring (bicyclic) bond motifs is 1. The SMILES string of the molecule is CCCCOc1cccc([C@H]2/C(=C(\O)c3ccc4c(c3)OCCO4)C(=O)C(=O)N2c2nnc(SCc3ccc(F)cc3)s2)c1. The van der Waals surface area contributed by atoms with E-state index in [1.807, 2.05) is 0 Å². The van der Waals surface area contributed by atoms with Gasteiger partial charge in [-0.05, 0) is 60.0 Å². The minimum atomic E-state index is -0.999. The summed E-state index contributed by atoms with van der Waals surface area (Å²) >= 11 is 2.53. The van der Waals surface area contributed by atoms with E-state index in [1.165, 1.54) is 28.8 Å². The van der Waals surface area contributed by atoms with E-state index in [1.54, 1.807) is 54.6 Å². The third kappa shape index (κ3) is 6.13. The monoisotopic (exact) mass is 633 g/mol. The van der Waals surface area contributed by atoms with E-state index >= 15 is 0 Å². The van der Waals surface area contributed by atoms with Crippen LogP contribution in [0.2, 0.25) is 0 Å². The van der Waals surface area contributed by atoms with E-state index < -0.39 is 17.7 Å². The quantitative estimate of drug-likeness (QED) is 0.0519. The summed E-state index contributed by atoms with van der Waals surface area (Å²) in [6.07, 6.45) is 1.84. The summed E-state index contributed by atoms with van der Waals surface area (Å²) in [7, 11) is 0. The number of aliphatic hydroxyl groups is 1. The minimum absolute atomic E-state index is 0.0897. The number of amides is 1. The lowest BCUT2D eigenvalue weighted by Gasteiger charge is -2.23. The van der Waals surface area contributed by atoms with Crippen LogP contribution in [0.3, 0.4) is 0 Å². The third-order valence-corrected chi connectivity index (χ3v) is 9.20. The van der Waals surface area contributed by atoms with Gasteiger partial charge in [0.25, 0.3) is 5.78 Å². The second kappa shape index (κ2) is 13.1. The summed E-state index contributed by atoms with van der Waals surface area (Å²) in [5.74, 6) is -0.297. The molecular formula is C32H28FN3O6S2. The van der Waals surface area contributed by atoms with Crippen LogP contribution in [0.4, 0.5) is 9.52 Å². The molecular weight excluding hydrogens is 605 g/mol. The summed E-state index contributed by atoms with van der Waals surface area (Å²) < 4.78 is 31.1. The highest BCUT2D eigenvalue weighted by atomic mass is 32.2. The van der Waals surface area contributed by atoms with E-state index in [0.29, 0.717) is 58.3 Å². The summed E-state index contributed by atoms with van der Waals surface area (Å²) in [5.41, 5.74) is 1.68. The molecule has 0 saturated carbocycles. The lowest BCUT2D eigenvalue weighted by atomic mass is 9.95. The van der Waals surface area contributed by atoms with Crippen molar-refractivity contribution >= 4 is 45.7 Å². The first-order valence-corrected chi connectivity index (χ1v) is 15.9. The number of hydrogen-bond donors (Lipinski definition) is 1. The molecule has 1 saturated heterocycles. The normalized spacial score (nSPS) is 17.2. The van der Waals surface area contributed by atoms with Gasteiger partial charge in [-0.15, -0.1) is 10.2 Å². The average molecular weight is 634 g/mol. The van der Waals surface area contributed by atoms with Crippen LogP contribution in [0, 0.1) is 5.82 Å². The van der Waals surface area contributed by atoms with Gasteiger partial charge in [0.1, 0.15) is 30.5 Å². The van der Waals surface area contributed by atoms with Gasteiger partial charge in [0.05, 0.1) is 18.2 Å². The van der Waals surface area contributed by atoms with Gasteiger partial charge >= 0.3 is 5.91 Å². The molecule has 44 heavy (non-hydrogen) atoms. The predicted molar refractivity (Wildman–Crippen MR) is 165 cm³/mol. The molecule has 2 aliphatic rings. The Hall–Kier alpha value is -4.42. The van der Waals surface area contributed by atoms with E-state index in [0.717, 1.165) is 29.7 Å². The zero-order valence-corrected chi connectivity index (χ0v) is 25.3. The highest BCUT2D eigenvalue weighted by Gasteiger charge is 2.48. The molecule has 3 heterocycles. The molecule has 0 spiro atoms. The van der Waals surface area contributed by atoms with E-state index in [4.69, 9.17) is 14.2 Å². The number of unbranched alkanes of at least 4 members (excludes halogenated alkanes) is 1. The fourth-order valence-electron chi connectivity index (χ4n) is 4.88. The molecule has 0 radical (unpaired) electrons. The number of thioether (sulfide) groups is 1. The number of carbonyl (C=O) groups excluding carboxylic acids is 2. The standard InChI is InChI=1S/C32H28FN3O6S2/c1-2-3-13-40-23-6-4-5-20(16-23)27-26(28(37)21-9-12-24-25(17-21)42-15-14-41-24)29(38)30(39)36(27)31-34-35-32(44-31)43-18-19-7-10-22(33)11-8-19/h4-12,16-17,27,37H,2-3,13-15,18H2,1H3/b28-26+/t27-/m0/s1. The Bertz CT molecular complexity index is 1730. The van der Waals surface area contributed by atoms with E-state index in [-0.39, 0.29) is 22.3 Å². The average Bonchev–Trinajstić information content (AvgIpc) is 3.62. The number of rotatable bonds is 10. The van der Waals surface area contributed by atoms with Gasteiger partial charge in [0, 0.05) is 11.3 Å². The smallest absolute Gasteiger partial charge is 0.301 e. The molecule has 0 unspecified atom stereocenters. The molecule has 226 valence electrons. The molecule has 9 nitrogen and oxygen atoms in total. The number of halogens is 1. The number of aromatic nitrogens is 2. The molecule has 1 amide bonds. The molecule has 12 heteroatoms. The number of ketones is 1. The first-order chi connectivity index (χ1) is 21.4. The molecule has 0 bridgehead atoms. The van der Waals surface area contributed by atoms with Gasteiger partial charge in [-0.1, -0.05) is 60.7 Å². The number of benzene rings is 3. The third-order valence-electron chi connectivity index (χ3n) is 7.08. The van der Waals surface area contributed by atoms with Gasteiger partial charge in [-0.3, -0.25) is 14.5 Å². The Labute approximate surface area is 261 Å². The van der Waals surface area contributed by atoms with Crippen molar-refractivity contribution in [3.8, 4) is 17.2 Å². The summed E-state index contributed by atoms with van der Waals surface area (Å²) in [6, 6.07) is 17.2. The van der Waals surface area contributed by atoms with Crippen molar-refractivity contribution in [2.24, 2.45) is 0 Å². The van der Waals surface area contributed by atoms with Crippen molar-refractivity contribution in [3.05, 3.63) is 94.8 Å². The van der Waals surface area contributed by atoms with Crippen LogP contribution in [0.25, 0.3) is 5.76 Å². The van der Waals surface area contributed by atoms with E-state index in [2.05, 4.69) is 17.1 Å². The topological polar surface area (TPSA) is 111 Å². The van der Waals surface area contributed by atoms with Crippen molar-refractivity contribution in [2.45, 2.75) is 35.9 Å². The zero-order chi connectivity index (χ0) is 30.6. The van der Waals surface area contributed by atoms with Gasteiger partial charge < -0.3 is 19.3 Å². The number of hydrogen-bond acceptors (Lipinski definition) is 10. The Balaban J connectivity index is 1.38. The molecule has 1 N–H and O–H groups in total. The first kappa shape index (κ1) is 29.6. The maximum Gasteiger partial charge on any atom is 0.301 e. The van der Waals surface area contributed by atoms with Crippen molar-refractivity contribution in [3.63, 3.8) is 0 Å². The Morgan fingerprint density at radius 3 is 2.66 bits per heavy atom. The van der Waals surface area contributed by atoms with Gasteiger partial charge in [-0.25, -0.2) is 4.39 Å². The Morgan fingerprint density at radius 2 is 1.86 bits per heavy atom. The lowest BCUT2D eigenvalue weighted by molar-refractivity contribution is -0.132. The second-order valence-electron chi connectivity index (χ2n) is 10.1. The first-order valence-electron chi connectivity index (χ1n) is 14.1. The van der Waals surface area contributed by atoms with Crippen molar-refractivity contribution in [2.75, 3.05) is 24.7 Å². The predicted octanol–water partition coefficient (Wildman–Crippen LogP) is 6.55. The largest absolute Gasteiger partial charge is 0.507 e. The molecule has 0 aliphatic carbocycles. The minimum Gasteiger partial charge on any atom is -0.507 e. The molecule has 1 aromatic heterocycles. The fourth-order valence-corrected chi connectivity index (χ4v) is 6.71. The molecule has 1 atom stereocenters. The van der Waals surface area contributed by atoms with Crippen molar-refractivity contribution in [1.29, 1.82) is 0 Å². The second-order valence-corrected chi connectivity index (χ2v) is 12.2. The van der Waals surface area contributed by atoms with Crippen LogP contribution in [-0.2, 0) is 15.3 Å². The fraction of sp³-hybridized carbons (Fsp3) is 0.250. The number of anilines is 1.